The molecule has 0 saturated heterocycles. The lowest BCUT2D eigenvalue weighted by Crippen LogP contribution is -2.14. The number of hydrogen-bond donors (Lipinski definition) is 2. The number of benzene rings is 1. The van der Waals surface area contributed by atoms with Crippen molar-refractivity contribution in [1.29, 1.82) is 0 Å². The maximum atomic E-state index is 12.3. The predicted octanol–water partition coefficient (Wildman–Crippen LogP) is 3.85. The summed E-state index contributed by atoms with van der Waals surface area (Å²) in [5.74, 6) is 0.652. The molecule has 1 saturated carbocycles. The molecule has 1 heterocycles. The lowest BCUT2D eigenvalue weighted by Gasteiger charge is -2.10. The van der Waals surface area contributed by atoms with Crippen molar-refractivity contribution in [3.63, 3.8) is 0 Å². The fourth-order valence-corrected chi connectivity index (χ4v) is 4.81. The molecule has 1 aromatic carbocycles. The van der Waals surface area contributed by atoms with E-state index in [1.165, 1.54) is 55.3 Å². The Kier molecular flexibility index (Phi) is 5.70. The standard InChI is InChI=1S/C17H21N3O3S2/c21-16(10-5-13-3-1-2-4-13)19-14-6-8-15(9-7-14)25(22,23)20-17-18-11-12-24-17/h6-9,11-13H,1-5,10H2,(H,18,20)(H,19,21). The molecule has 6 nitrogen and oxygen atoms in total. The zero-order valence-electron chi connectivity index (χ0n) is 13.8. The quantitative estimate of drug-likeness (QED) is 0.765. The van der Waals surface area contributed by atoms with Crippen LogP contribution in [0.25, 0.3) is 0 Å². The van der Waals surface area contributed by atoms with Gasteiger partial charge >= 0.3 is 0 Å². The molecular weight excluding hydrogens is 358 g/mol. The Balaban J connectivity index is 1.55. The number of hydrogen-bond acceptors (Lipinski definition) is 5. The van der Waals surface area contributed by atoms with Crippen molar-refractivity contribution in [3.05, 3.63) is 35.8 Å². The number of thiazole rings is 1. The fraction of sp³-hybridized carbons (Fsp3) is 0.412. The van der Waals surface area contributed by atoms with Gasteiger partial charge in [0.2, 0.25) is 5.91 Å². The molecule has 0 radical (unpaired) electrons. The lowest BCUT2D eigenvalue weighted by molar-refractivity contribution is -0.116. The minimum atomic E-state index is -3.66. The summed E-state index contributed by atoms with van der Waals surface area (Å²) < 4.78 is 26.9. The highest BCUT2D eigenvalue weighted by Gasteiger charge is 2.17. The van der Waals surface area contributed by atoms with Crippen LogP contribution in [0.3, 0.4) is 0 Å². The highest BCUT2D eigenvalue weighted by molar-refractivity contribution is 7.93. The number of aromatic nitrogens is 1. The largest absolute Gasteiger partial charge is 0.326 e. The third-order valence-corrected chi connectivity index (χ3v) is 6.53. The Morgan fingerprint density at radius 1 is 1.20 bits per heavy atom. The Bertz CT molecular complexity index is 796. The molecule has 1 aliphatic rings. The Morgan fingerprint density at radius 2 is 1.92 bits per heavy atom. The van der Waals surface area contributed by atoms with Gasteiger partial charge in [0.05, 0.1) is 4.90 Å². The zero-order valence-corrected chi connectivity index (χ0v) is 15.4. The van der Waals surface area contributed by atoms with Gasteiger partial charge in [-0.3, -0.25) is 9.52 Å². The third-order valence-electron chi connectivity index (χ3n) is 4.36. The number of anilines is 2. The van der Waals surface area contributed by atoms with Crippen molar-refractivity contribution in [1.82, 2.24) is 4.98 Å². The van der Waals surface area contributed by atoms with Crippen LogP contribution in [0.2, 0.25) is 0 Å². The van der Waals surface area contributed by atoms with E-state index >= 15 is 0 Å². The van der Waals surface area contributed by atoms with Crippen molar-refractivity contribution >= 4 is 38.1 Å². The van der Waals surface area contributed by atoms with Gasteiger partial charge in [-0.05, 0) is 36.6 Å². The van der Waals surface area contributed by atoms with Gasteiger partial charge in [0.1, 0.15) is 0 Å². The van der Waals surface area contributed by atoms with Crippen LogP contribution < -0.4 is 10.0 Å². The van der Waals surface area contributed by atoms with Crippen molar-refractivity contribution in [2.45, 2.75) is 43.4 Å². The molecule has 2 aromatic rings. The van der Waals surface area contributed by atoms with E-state index in [0.29, 0.717) is 23.2 Å². The van der Waals surface area contributed by atoms with Crippen molar-refractivity contribution in [2.75, 3.05) is 10.0 Å². The highest BCUT2D eigenvalue weighted by Crippen LogP contribution is 2.28. The minimum Gasteiger partial charge on any atom is -0.326 e. The molecule has 0 bridgehead atoms. The van der Waals surface area contributed by atoms with E-state index in [9.17, 15) is 13.2 Å². The van der Waals surface area contributed by atoms with Crippen LogP contribution >= 0.6 is 11.3 Å². The normalized spacial score (nSPS) is 15.2. The molecule has 0 unspecified atom stereocenters. The molecule has 0 spiro atoms. The lowest BCUT2D eigenvalue weighted by atomic mass is 10.0. The van der Waals surface area contributed by atoms with Gasteiger partial charge in [-0.25, -0.2) is 13.4 Å². The molecule has 3 rings (SSSR count). The second-order valence-corrected chi connectivity index (χ2v) is 8.78. The Morgan fingerprint density at radius 3 is 2.56 bits per heavy atom. The molecule has 1 aliphatic carbocycles. The molecule has 0 aliphatic heterocycles. The third kappa shape index (κ3) is 5.02. The number of carbonyl (C=O) groups excluding carboxylic acids is 1. The predicted molar refractivity (Wildman–Crippen MR) is 99.2 cm³/mol. The summed E-state index contributed by atoms with van der Waals surface area (Å²) >= 11 is 1.21. The van der Waals surface area contributed by atoms with Crippen LogP contribution in [0.5, 0.6) is 0 Å². The van der Waals surface area contributed by atoms with Crippen LogP contribution in [0.15, 0.2) is 40.7 Å². The first kappa shape index (κ1) is 17.9. The second kappa shape index (κ2) is 7.97. The number of nitrogens with one attached hydrogen (secondary N) is 2. The first-order chi connectivity index (χ1) is 12.0. The summed E-state index contributed by atoms with van der Waals surface area (Å²) in [6, 6.07) is 6.15. The van der Waals surface area contributed by atoms with Crippen LogP contribution in [0.1, 0.15) is 38.5 Å². The summed E-state index contributed by atoms with van der Waals surface area (Å²) in [6.45, 7) is 0. The van der Waals surface area contributed by atoms with Crippen LogP contribution in [-0.4, -0.2) is 19.3 Å². The van der Waals surface area contributed by atoms with Crippen LogP contribution in [0, 0.1) is 5.92 Å². The van der Waals surface area contributed by atoms with E-state index in [1.807, 2.05) is 0 Å². The monoisotopic (exact) mass is 379 g/mol. The molecule has 1 aromatic heterocycles. The summed E-state index contributed by atoms with van der Waals surface area (Å²) in [7, 11) is -3.66. The summed E-state index contributed by atoms with van der Waals surface area (Å²) in [6.07, 6.45) is 7.98. The zero-order chi connectivity index (χ0) is 17.7. The fourth-order valence-electron chi connectivity index (χ4n) is 3.02. The molecule has 8 heteroatoms. The van der Waals surface area contributed by atoms with E-state index in [-0.39, 0.29) is 10.8 Å². The van der Waals surface area contributed by atoms with E-state index in [2.05, 4.69) is 15.0 Å². The average molecular weight is 380 g/mol. The van der Waals surface area contributed by atoms with Crippen LogP contribution in [0.4, 0.5) is 10.8 Å². The van der Waals surface area contributed by atoms with Gasteiger partial charge in [0, 0.05) is 23.7 Å². The van der Waals surface area contributed by atoms with Crippen molar-refractivity contribution in [2.24, 2.45) is 5.92 Å². The maximum Gasteiger partial charge on any atom is 0.263 e. The number of carbonyl (C=O) groups is 1. The van der Waals surface area contributed by atoms with Gasteiger partial charge in [-0.1, -0.05) is 25.7 Å². The van der Waals surface area contributed by atoms with Gasteiger partial charge in [0.15, 0.2) is 5.13 Å². The molecule has 1 fully saturated rings. The Labute approximate surface area is 151 Å². The van der Waals surface area contributed by atoms with E-state index in [0.717, 1.165) is 6.42 Å². The maximum absolute atomic E-state index is 12.3. The Hall–Kier alpha value is -1.93. The summed E-state index contributed by atoms with van der Waals surface area (Å²) in [5.41, 5.74) is 0.602. The van der Waals surface area contributed by atoms with Crippen LogP contribution in [-0.2, 0) is 14.8 Å². The van der Waals surface area contributed by atoms with E-state index in [1.54, 1.807) is 17.5 Å². The smallest absolute Gasteiger partial charge is 0.263 e. The number of nitrogens with zero attached hydrogens (tertiary/aromatic N) is 1. The minimum absolute atomic E-state index is 0.0246. The number of rotatable bonds is 7. The van der Waals surface area contributed by atoms with Gasteiger partial charge in [0.25, 0.3) is 10.0 Å². The van der Waals surface area contributed by atoms with Gasteiger partial charge < -0.3 is 5.32 Å². The van der Waals surface area contributed by atoms with Gasteiger partial charge in [-0.15, -0.1) is 11.3 Å². The number of amides is 1. The summed E-state index contributed by atoms with van der Waals surface area (Å²) in [5, 5.41) is 4.85. The molecular formula is C17H21N3O3S2. The van der Waals surface area contributed by atoms with Crippen molar-refractivity contribution in [3.8, 4) is 0 Å². The topological polar surface area (TPSA) is 88.2 Å². The van der Waals surface area contributed by atoms with Crippen molar-refractivity contribution < 1.29 is 13.2 Å². The molecule has 1 amide bonds. The first-order valence-electron chi connectivity index (χ1n) is 8.35. The molecule has 2 N–H and O–H groups in total. The SMILES string of the molecule is O=C(CCC1CCCC1)Nc1ccc(S(=O)(=O)Nc2nccs2)cc1. The van der Waals surface area contributed by atoms with E-state index in [4.69, 9.17) is 0 Å². The highest BCUT2D eigenvalue weighted by atomic mass is 32.2. The first-order valence-corrected chi connectivity index (χ1v) is 10.7. The summed E-state index contributed by atoms with van der Waals surface area (Å²) in [4.78, 5) is 16.1. The second-order valence-electron chi connectivity index (χ2n) is 6.20. The van der Waals surface area contributed by atoms with E-state index < -0.39 is 10.0 Å². The molecule has 25 heavy (non-hydrogen) atoms. The molecule has 0 atom stereocenters. The molecule has 134 valence electrons. The number of sulfonamides is 1. The van der Waals surface area contributed by atoms with Gasteiger partial charge in [-0.2, -0.15) is 0 Å². The average Bonchev–Trinajstić information content (AvgIpc) is 3.27.